The Morgan fingerprint density at radius 1 is 0.917 bits per heavy atom. The van der Waals surface area contributed by atoms with Gasteiger partial charge in [0, 0.05) is 13.0 Å². The van der Waals surface area contributed by atoms with E-state index in [-0.39, 0.29) is 17.4 Å². The van der Waals surface area contributed by atoms with Gasteiger partial charge in [-0.25, -0.2) is 0 Å². The molecule has 0 amide bonds. The van der Waals surface area contributed by atoms with Gasteiger partial charge in [0.1, 0.15) is 0 Å². The second-order valence-electron chi connectivity index (χ2n) is 8.07. The van der Waals surface area contributed by atoms with Crippen molar-refractivity contribution in [2.45, 2.75) is 71.8 Å². The van der Waals surface area contributed by atoms with E-state index in [0.717, 1.165) is 5.56 Å². The average Bonchev–Trinajstić information content (AvgIpc) is 2.35. The van der Waals surface area contributed by atoms with Gasteiger partial charge in [-0.2, -0.15) is 0 Å². The van der Waals surface area contributed by atoms with E-state index in [2.05, 4.69) is 60.6 Å². The van der Waals surface area contributed by atoms with Crippen LogP contribution in [0, 0.1) is 6.92 Å². The maximum absolute atomic E-state index is 10.5. The number of aliphatic hydroxyl groups excluding tert-OH is 2. The number of rotatable bonds is 3. The Balaban J connectivity index is 0.00000118. The highest BCUT2D eigenvalue weighted by Gasteiger charge is 2.29. The van der Waals surface area contributed by atoms with Crippen LogP contribution in [0.2, 0.25) is 0 Å². The molecule has 0 aliphatic heterocycles. The molecule has 1 atom stereocenters. The second-order valence-corrected chi connectivity index (χ2v) is 8.61. The van der Waals surface area contributed by atoms with Gasteiger partial charge in [-0.3, -0.25) is 0 Å². The van der Waals surface area contributed by atoms with Crippen molar-refractivity contribution in [2.75, 3.05) is 6.61 Å². The molecule has 0 fully saturated rings. The van der Waals surface area contributed by atoms with Gasteiger partial charge in [0.05, 0.1) is 6.10 Å². The standard InChI is InChI=1S/C18H30O2.H3O3P/c1-12-10-13(17(2,3)4)16(15(20)8-9-19)14(11-12)18(5,6)7;1-4(2)3/h10-11,15,19-20H,8-9H2,1-7H3;1-3H. The number of aryl methyl sites for hydroxylation is 1. The van der Waals surface area contributed by atoms with Gasteiger partial charge < -0.3 is 24.9 Å². The molecule has 0 heterocycles. The van der Waals surface area contributed by atoms with E-state index in [4.69, 9.17) is 14.7 Å². The van der Waals surface area contributed by atoms with E-state index < -0.39 is 14.7 Å². The first-order chi connectivity index (χ1) is 10.7. The highest BCUT2D eigenvalue weighted by molar-refractivity contribution is 7.38. The van der Waals surface area contributed by atoms with Crippen molar-refractivity contribution in [3.05, 3.63) is 34.4 Å². The lowest BCUT2D eigenvalue weighted by Gasteiger charge is -2.33. The first-order valence-electron chi connectivity index (χ1n) is 8.03. The normalized spacial score (nSPS) is 13.5. The van der Waals surface area contributed by atoms with E-state index in [0.29, 0.717) is 6.42 Å². The summed E-state index contributed by atoms with van der Waals surface area (Å²) in [4.78, 5) is 21.7. The van der Waals surface area contributed by atoms with Crippen LogP contribution in [0.25, 0.3) is 0 Å². The minimum Gasteiger partial charge on any atom is -0.396 e. The number of hydrogen-bond acceptors (Lipinski definition) is 5. The zero-order valence-corrected chi connectivity index (χ0v) is 16.7. The van der Waals surface area contributed by atoms with E-state index in [9.17, 15) is 10.2 Å². The molecule has 140 valence electrons. The van der Waals surface area contributed by atoms with Gasteiger partial charge in [0.25, 0.3) is 0 Å². The van der Waals surface area contributed by atoms with Crippen molar-refractivity contribution < 1.29 is 24.9 Å². The summed E-state index contributed by atoms with van der Waals surface area (Å²) in [6.07, 6.45) is -0.223. The zero-order valence-electron chi connectivity index (χ0n) is 15.8. The van der Waals surface area contributed by atoms with Gasteiger partial charge in [0.15, 0.2) is 0 Å². The highest BCUT2D eigenvalue weighted by Crippen LogP contribution is 2.39. The number of aliphatic hydroxyl groups is 2. The van der Waals surface area contributed by atoms with Crippen molar-refractivity contribution in [1.29, 1.82) is 0 Å². The molecule has 0 spiro atoms. The lowest BCUT2D eigenvalue weighted by atomic mass is 9.73. The van der Waals surface area contributed by atoms with Gasteiger partial charge in [0.2, 0.25) is 0 Å². The minimum absolute atomic E-state index is 0.00219. The van der Waals surface area contributed by atoms with Crippen molar-refractivity contribution >= 4 is 8.60 Å². The first kappa shape index (κ1) is 23.4. The Morgan fingerprint density at radius 2 is 1.25 bits per heavy atom. The Hall–Kier alpha value is -0.550. The topological polar surface area (TPSA) is 101 Å². The smallest absolute Gasteiger partial charge is 0.324 e. The molecule has 1 unspecified atom stereocenters. The molecule has 6 heteroatoms. The van der Waals surface area contributed by atoms with E-state index >= 15 is 0 Å². The maximum atomic E-state index is 10.5. The molecule has 1 aromatic carbocycles. The summed E-state index contributed by atoms with van der Waals surface area (Å²) in [5.74, 6) is 0. The molecule has 5 N–H and O–H groups in total. The van der Waals surface area contributed by atoms with Gasteiger partial charge in [-0.05, 0) is 34.4 Å². The number of benzene rings is 1. The molecule has 5 nitrogen and oxygen atoms in total. The first-order valence-corrected chi connectivity index (χ1v) is 9.23. The van der Waals surface area contributed by atoms with E-state index in [1.807, 2.05) is 0 Å². The second kappa shape index (κ2) is 9.23. The van der Waals surface area contributed by atoms with Gasteiger partial charge >= 0.3 is 8.60 Å². The third-order valence-electron chi connectivity index (χ3n) is 3.68. The molecular weight excluding hydrogens is 327 g/mol. The van der Waals surface area contributed by atoms with Gasteiger partial charge in [-0.1, -0.05) is 59.2 Å². The van der Waals surface area contributed by atoms with Gasteiger partial charge in [-0.15, -0.1) is 0 Å². The van der Waals surface area contributed by atoms with Crippen LogP contribution in [-0.4, -0.2) is 31.5 Å². The summed E-state index contributed by atoms with van der Waals surface area (Å²) < 4.78 is 0. The number of hydrogen-bond donors (Lipinski definition) is 5. The van der Waals surface area contributed by atoms with Crippen LogP contribution in [-0.2, 0) is 10.8 Å². The van der Waals surface area contributed by atoms with Crippen molar-refractivity contribution in [3.63, 3.8) is 0 Å². The summed E-state index contributed by atoms with van der Waals surface area (Å²) in [6.45, 7) is 15.1. The summed E-state index contributed by atoms with van der Waals surface area (Å²) in [7, 11) is -2.62. The molecular formula is C18H33O5P. The largest absolute Gasteiger partial charge is 0.396 e. The quantitative estimate of drug-likeness (QED) is 0.533. The highest BCUT2D eigenvalue weighted by atomic mass is 31.2. The molecule has 0 bridgehead atoms. The summed E-state index contributed by atoms with van der Waals surface area (Å²) in [5.41, 5.74) is 4.53. The van der Waals surface area contributed by atoms with Crippen LogP contribution < -0.4 is 0 Å². The zero-order chi connectivity index (χ0) is 19.3. The molecule has 24 heavy (non-hydrogen) atoms. The Kier molecular flexibility index (Phi) is 9.02. The Labute approximate surface area is 147 Å². The SMILES string of the molecule is Cc1cc(C(C)(C)C)c(C(O)CCO)c(C(C)(C)C)c1.OP(O)O. The van der Waals surface area contributed by atoms with Crippen LogP contribution in [0.5, 0.6) is 0 Å². The molecule has 0 radical (unpaired) electrons. The molecule has 1 rings (SSSR count). The third-order valence-corrected chi connectivity index (χ3v) is 3.68. The molecule has 0 aromatic heterocycles. The summed E-state index contributed by atoms with van der Waals surface area (Å²) in [6, 6.07) is 4.34. The van der Waals surface area contributed by atoms with Crippen LogP contribution in [0.3, 0.4) is 0 Å². The fourth-order valence-corrected chi connectivity index (χ4v) is 2.66. The van der Waals surface area contributed by atoms with Crippen molar-refractivity contribution in [3.8, 4) is 0 Å². The predicted molar refractivity (Wildman–Crippen MR) is 98.8 cm³/mol. The van der Waals surface area contributed by atoms with E-state index in [1.54, 1.807) is 0 Å². The fourth-order valence-electron chi connectivity index (χ4n) is 2.66. The van der Waals surface area contributed by atoms with Crippen molar-refractivity contribution in [2.24, 2.45) is 0 Å². The molecule has 0 aliphatic rings. The van der Waals surface area contributed by atoms with Crippen molar-refractivity contribution in [1.82, 2.24) is 0 Å². The monoisotopic (exact) mass is 360 g/mol. The van der Waals surface area contributed by atoms with Crippen LogP contribution >= 0.6 is 8.60 Å². The average molecular weight is 360 g/mol. The van der Waals surface area contributed by atoms with E-state index in [1.165, 1.54) is 16.7 Å². The minimum atomic E-state index is -2.62. The Morgan fingerprint density at radius 3 is 1.50 bits per heavy atom. The Bertz CT molecular complexity index is 477. The summed E-state index contributed by atoms with van der Waals surface area (Å²) in [5, 5.41) is 19.7. The molecule has 0 saturated heterocycles. The molecule has 1 aromatic rings. The molecule has 0 saturated carbocycles. The lowest BCUT2D eigenvalue weighted by Crippen LogP contribution is -2.23. The lowest BCUT2D eigenvalue weighted by molar-refractivity contribution is 0.131. The molecule has 0 aliphatic carbocycles. The maximum Gasteiger partial charge on any atom is 0.324 e. The summed E-state index contributed by atoms with van der Waals surface area (Å²) >= 11 is 0. The fraction of sp³-hybridized carbons (Fsp3) is 0.667. The van der Waals surface area contributed by atoms with Crippen LogP contribution in [0.1, 0.15) is 76.3 Å². The van der Waals surface area contributed by atoms with Crippen LogP contribution in [0.15, 0.2) is 12.1 Å². The third kappa shape index (κ3) is 7.56. The van der Waals surface area contributed by atoms with Crippen LogP contribution in [0.4, 0.5) is 0 Å². The predicted octanol–water partition coefficient (Wildman–Crippen LogP) is 3.20.